The molecule has 0 unspecified atom stereocenters. The third kappa shape index (κ3) is 5.52. The van der Waals surface area contributed by atoms with Crippen LogP contribution in [0.25, 0.3) is 0 Å². The highest BCUT2D eigenvalue weighted by Gasteiger charge is 2.36. The fraction of sp³-hybridized carbons (Fsp3) is 0.591. The van der Waals surface area contributed by atoms with E-state index in [9.17, 15) is 14.4 Å². The summed E-state index contributed by atoms with van der Waals surface area (Å²) in [5.74, 6) is -0.446. The van der Waals surface area contributed by atoms with Crippen LogP contribution in [-0.2, 0) is 14.3 Å². The predicted molar refractivity (Wildman–Crippen MR) is 114 cm³/mol. The van der Waals surface area contributed by atoms with Crippen molar-refractivity contribution in [2.24, 2.45) is 5.92 Å². The lowest BCUT2D eigenvalue weighted by Crippen LogP contribution is -2.55. The molecule has 0 radical (unpaired) electrons. The zero-order valence-corrected chi connectivity index (χ0v) is 18.2. The first-order valence-electron chi connectivity index (χ1n) is 10.6. The van der Waals surface area contributed by atoms with Gasteiger partial charge in [-0.25, -0.2) is 0 Å². The van der Waals surface area contributed by atoms with Crippen molar-refractivity contribution in [3.05, 3.63) is 34.9 Å². The molecule has 2 aliphatic heterocycles. The molecule has 3 amide bonds. The molecule has 0 aromatic heterocycles. The summed E-state index contributed by atoms with van der Waals surface area (Å²) in [6, 6.07) is 6.22. The monoisotopic (exact) mass is 435 g/mol. The van der Waals surface area contributed by atoms with E-state index in [0.717, 1.165) is 32.4 Å². The van der Waals surface area contributed by atoms with Crippen LogP contribution in [0.15, 0.2) is 24.3 Å². The van der Waals surface area contributed by atoms with E-state index < -0.39 is 6.04 Å². The minimum Gasteiger partial charge on any atom is -0.375 e. The highest BCUT2D eigenvalue weighted by atomic mass is 35.5. The average molecular weight is 436 g/mol. The Hall–Kier alpha value is -2.12. The SMILES string of the molecule is COCC(=O)N1CCC([C@H](NC(=O)c2ccccc2Cl)C(=O)N2CCCCC2)CC1. The number of amides is 3. The molecule has 1 N–H and O–H groups in total. The zero-order valence-electron chi connectivity index (χ0n) is 17.4. The second kappa shape index (κ2) is 10.8. The predicted octanol–water partition coefficient (Wildman–Crippen LogP) is 2.34. The summed E-state index contributed by atoms with van der Waals surface area (Å²) in [6.45, 7) is 2.62. The average Bonchev–Trinajstić information content (AvgIpc) is 2.78. The maximum Gasteiger partial charge on any atom is 0.253 e. The number of carbonyl (C=O) groups is 3. The molecule has 3 rings (SSSR count). The third-order valence-electron chi connectivity index (χ3n) is 5.97. The van der Waals surface area contributed by atoms with Gasteiger partial charge in [0.25, 0.3) is 5.91 Å². The Balaban J connectivity index is 1.73. The molecular formula is C22H30ClN3O4. The van der Waals surface area contributed by atoms with E-state index in [2.05, 4.69) is 5.32 Å². The van der Waals surface area contributed by atoms with Crippen LogP contribution in [0.5, 0.6) is 0 Å². The summed E-state index contributed by atoms with van der Waals surface area (Å²) in [6.07, 6.45) is 4.41. The fourth-order valence-electron chi connectivity index (χ4n) is 4.25. The van der Waals surface area contributed by atoms with Crippen molar-refractivity contribution in [1.82, 2.24) is 15.1 Å². The number of rotatable bonds is 6. The van der Waals surface area contributed by atoms with E-state index in [0.29, 0.717) is 36.5 Å². The highest BCUT2D eigenvalue weighted by Crippen LogP contribution is 2.25. The lowest BCUT2D eigenvalue weighted by molar-refractivity contribution is -0.138. The van der Waals surface area contributed by atoms with E-state index in [4.69, 9.17) is 16.3 Å². The van der Waals surface area contributed by atoms with E-state index >= 15 is 0 Å². The zero-order chi connectivity index (χ0) is 21.5. The molecule has 2 fully saturated rings. The highest BCUT2D eigenvalue weighted by molar-refractivity contribution is 6.33. The number of piperidine rings is 2. The summed E-state index contributed by atoms with van der Waals surface area (Å²) >= 11 is 6.19. The van der Waals surface area contributed by atoms with E-state index in [1.807, 2.05) is 4.90 Å². The number of ether oxygens (including phenoxy) is 1. The molecule has 1 atom stereocenters. The molecule has 0 aliphatic carbocycles. The van der Waals surface area contributed by atoms with Crippen LogP contribution < -0.4 is 5.32 Å². The molecule has 1 aromatic carbocycles. The third-order valence-corrected chi connectivity index (χ3v) is 6.30. The molecule has 2 heterocycles. The molecule has 2 saturated heterocycles. The number of nitrogens with zero attached hydrogens (tertiary/aromatic N) is 2. The molecular weight excluding hydrogens is 406 g/mol. The summed E-state index contributed by atoms with van der Waals surface area (Å²) in [5, 5.41) is 3.33. The van der Waals surface area contributed by atoms with Crippen LogP contribution in [0.3, 0.4) is 0 Å². The molecule has 2 aliphatic rings. The Kier molecular flexibility index (Phi) is 8.10. The number of benzene rings is 1. The Morgan fingerprint density at radius 3 is 2.37 bits per heavy atom. The summed E-state index contributed by atoms with van der Waals surface area (Å²) in [5.41, 5.74) is 0.364. The summed E-state index contributed by atoms with van der Waals surface area (Å²) < 4.78 is 4.94. The van der Waals surface area contributed by atoms with Crippen molar-refractivity contribution in [2.45, 2.75) is 38.1 Å². The smallest absolute Gasteiger partial charge is 0.253 e. The van der Waals surface area contributed by atoms with Gasteiger partial charge in [-0.1, -0.05) is 23.7 Å². The van der Waals surface area contributed by atoms with Gasteiger partial charge in [-0.3, -0.25) is 14.4 Å². The van der Waals surface area contributed by atoms with Crippen LogP contribution in [0.1, 0.15) is 42.5 Å². The van der Waals surface area contributed by atoms with Crippen LogP contribution in [0.2, 0.25) is 5.02 Å². The molecule has 0 spiro atoms. The first-order chi connectivity index (χ1) is 14.5. The van der Waals surface area contributed by atoms with Gasteiger partial charge >= 0.3 is 0 Å². The molecule has 0 bridgehead atoms. The Morgan fingerprint density at radius 2 is 1.73 bits per heavy atom. The maximum atomic E-state index is 13.3. The van der Waals surface area contributed by atoms with Gasteiger partial charge in [-0.2, -0.15) is 0 Å². The van der Waals surface area contributed by atoms with Crippen LogP contribution in [0.4, 0.5) is 0 Å². The van der Waals surface area contributed by atoms with Gasteiger partial charge in [0.15, 0.2) is 0 Å². The number of methoxy groups -OCH3 is 1. The molecule has 164 valence electrons. The Morgan fingerprint density at radius 1 is 1.07 bits per heavy atom. The molecule has 1 aromatic rings. The minimum atomic E-state index is -0.619. The quantitative estimate of drug-likeness (QED) is 0.743. The first kappa shape index (κ1) is 22.6. The van der Waals surface area contributed by atoms with Crippen LogP contribution >= 0.6 is 11.6 Å². The number of nitrogens with one attached hydrogen (secondary N) is 1. The van der Waals surface area contributed by atoms with Gasteiger partial charge in [-0.05, 0) is 50.2 Å². The van der Waals surface area contributed by atoms with Crippen molar-refractivity contribution in [2.75, 3.05) is 39.9 Å². The number of carbonyl (C=O) groups excluding carboxylic acids is 3. The summed E-state index contributed by atoms with van der Waals surface area (Å²) in [7, 11) is 1.50. The van der Waals surface area contributed by atoms with Crippen molar-refractivity contribution in [1.29, 1.82) is 0 Å². The fourth-order valence-corrected chi connectivity index (χ4v) is 4.48. The van der Waals surface area contributed by atoms with Gasteiger partial charge in [-0.15, -0.1) is 0 Å². The van der Waals surface area contributed by atoms with E-state index in [-0.39, 0.29) is 30.2 Å². The Bertz CT molecular complexity index is 759. The number of hydrogen-bond acceptors (Lipinski definition) is 4. The molecule has 8 heteroatoms. The summed E-state index contributed by atoms with van der Waals surface area (Å²) in [4.78, 5) is 42.0. The van der Waals surface area contributed by atoms with Crippen molar-refractivity contribution < 1.29 is 19.1 Å². The first-order valence-corrected chi connectivity index (χ1v) is 11.0. The number of likely N-dealkylation sites (tertiary alicyclic amines) is 2. The van der Waals surface area contributed by atoms with Gasteiger partial charge in [0.2, 0.25) is 11.8 Å². The van der Waals surface area contributed by atoms with Gasteiger partial charge in [0.1, 0.15) is 12.6 Å². The molecule has 0 saturated carbocycles. The second-order valence-corrected chi connectivity index (χ2v) is 8.38. The standard InChI is InChI=1S/C22H30ClN3O4/c1-30-15-19(27)25-13-9-16(10-14-25)20(22(29)26-11-5-2-6-12-26)24-21(28)17-7-3-4-8-18(17)23/h3-4,7-8,16,20H,2,5-6,9-15H2,1H3,(H,24,28)/t20-/m0/s1. The second-order valence-electron chi connectivity index (χ2n) is 7.97. The minimum absolute atomic E-state index is 0.0301. The Labute approximate surface area is 182 Å². The molecule has 7 nitrogen and oxygen atoms in total. The van der Waals surface area contributed by atoms with Crippen molar-refractivity contribution >= 4 is 29.3 Å². The lowest BCUT2D eigenvalue weighted by atomic mass is 9.87. The van der Waals surface area contributed by atoms with Crippen LogP contribution in [0, 0.1) is 5.92 Å². The topological polar surface area (TPSA) is 79.0 Å². The molecule has 30 heavy (non-hydrogen) atoms. The van der Waals surface area contributed by atoms with E-state index in [1.165, 1.54) is 7.11 Å². The lowest BCUT2D eigenvalue weighted by Gasteiger charge is -2.38. The van der Waals surface area contributed by atoms with Gasteiger partial charge < -0.3 is 19.9 Å². The van der Waals surface area contributed by atoms with Gasteiger partial charge in [0.05, 0.1) is 10.6 Å². The van der Waals surface area contributed by atoms with Crippen molar-refractivity contribution in [3.63, 3.8) is 0 Å². The van der Waals surface area contributed by atoms with E-state index in [1.54, 1.807) is 29.2 Å². The number of halogens is 1. The van der Waals surface area contributed by atoms with Crippen molar-refractivity contribution in [3.8, 4) is 0 Å². The maximum absolute atomic E-state index is 13.3. The number of hydrogen-bond donors (Lipinski definition) is 1. The van der Waals surface area contributed by atoms with Crippen LogP contribution in [-0.4, -0.2) is 73.5 Å². The normalized spacial score (nSPS) is 18.7. The van der Waals surface area contributed by atoms with Gasteiger partial charge in [0, 0.05) is 33.3 Å². The largest absolute Gasteiger partial charge is 0.375 e.